The number of carbonyl (C=O) groups is 1. The van der Waals surface area contributed by atoms with Gasteiger partial charge >= 0.3 is 0 Å². The van der Waals surface area contributed by atoms with Gasteiger partial charge in [0.1, 0.15) is 5.75 Å². The van der Waals surface area contributed by atoms with Crippen LogP contribution in [0.15, 0.2) is 36.4 Å². The monoisotopic (exact) mass is 394 g/mol. The zero-order valence-electron chi connectivity index (χ0n) is 16.4. The van der Waals surface area contributed by atoms with Crippen LogP contribution in [0.2, 0.25) is 5.02 Å². The molecule has 0 unspecified atom stereocenters. The second-order valence-electron chi connectivity index (χ2n) is 7.33. The number of halogens is 1. The molecule has 0 saturated heterocycles. The molecule has 3 aromatic rings. The minimum Gasteiger partial charge on any atom is -0.495 e. The molecule has 0 N–H and O–H groups in total. The summed E-state index contributed by atoms with van der Waals surface area (Å²) in [6, 6.07) is 11.4. The van der Waals surface area contributed by atoms with Gasteiger partial charge in [-0.3, -0.25) is 9.78 Å². The van der Waals surface area contributed by atoms with E-state index in [0.717, 1.165) is 58.6 Å². The number of ether oxygens (including phenoxy) is 1. The van der Waals surface area contributed by atoms with Gasteiger partial charge in [0.2, 0.25) is 0 Å². The summed E-state index contributed by atoms with van der Waals surface area (Å²) < 4.78 is 5.43. The van der Waals surface area contributed by atoms with Gasteiger partial charge in [0, 0.05) is 23.7 Å². The Morgan fingerprint density at radius 2 is 1.93 bits per heavy atom. The fourth-order valence-corrected chi connectivity index (χ4v) is 4.23. The molecule has 0 spiro atoms. The van der Waals surface area contributed by atoms with Crippen molar-refractivity contribution in [2.45, 2.75) is 32.6 Å². The third-order valence-electron chi connectivity index (χ3n) is 5.44. The maximum atomic E-state index is 13.2. The summed E-state index contributed by atoms with van der Waals surface area (Å²) in [7, 11) is 3.37. The summed E-state index contributed by atoms with van der Waals surface area (Å²) >= 11 is 6.65. The van der Waals surface area contributed by atoms with Crippen molar-refractivity contribution in [2.75, 3.05) is 19.1 Å². The van der Waals surface area contributed by atoms with E-state index in [1.165, 1.54) is 5.56 Å². The molecule has 4 nitrogen and oxygen atoms in total. The average molecular weight is 395 g/mol. The first-order valence-corrected chi connectivity index (χ1v) is 9.91. The molecule has 0 radical (unpaired) electrons. The lowest BCUT2D eigenvalue weighted by Crippen LogP contribution is -2.26. The molecule has 0 aliphatic heterocycles. The second kappa shape index (κ2) is 7.44. The smallest absolute Gasteiger partial charge is 0.258 e. The number of aryl methyl sites for hydroxylation is 2. The Morgan fingerprint density at radius 1 is 1.14 bits per heavy atom. The Bertz CT molecular complexity index is 1080. The third-order valence-corrected chi connectivity index (χ3v) is 5.87. The normalized spacial score (nSPS) is 13.3. The summed E-state index contributed by atoms with van der Waals surface area (Å²) in [5, 5.41) is 1.70. The van der Waals surface area contributed by atoms with Crippen LogP contribution in [0.25, 0.3) is 10.9 Å². The summed E-state index contributed by atoms with van der Waals surface area (Å²) in [5.41, 5.74) is 5.40. The van der Waals surface area contributed by atoms with Crippen molar-refractivity contribution in [2.24, 2.45) is 0 Å². The molecule has 0 atom stereocenters. The largest absolute Gasteiger partial charge is 0.495 e. The van der Waals surface area contributed by atoms with E-state index in [4.69, 9.17) is 21.3 Å². The highest BCUT2D eigenvalue weighted by atomic mass is 35.5. The lowest BCUT2D eigenvalue weighted by atomic mass is 9.94. The Kier molecular flexibility index (Phi) is 4.98. The molecular formula is C23H23ClN2O2. The van der Waals surface area contributed by atoms with E-state index in [1.54, 1.807) is 19.1 Å². The number of amides is 1. The van der Waals surface area contributed by atoms with Crippen molar-refractivity contribution >= 4 is 34.1 Å². The van der Waals surface area contributed by atoms with Crippen molar-refractivity contribution in [1.82, 2.24) is 4.98 Å². The van der Waals surface area contributed by atoms with Gasteiger partial charge in [0.15, 0.2) is 0 Å². The first-order valence-electron chi connectivity index (χ1n) is 9.53. The van der Waals surface area contributed by atoms with Gasteiger partial charge in [-0.2, -0.15) is 0 Å². The molecule has 1 aromatic heterocycles. The Morgan fingerprint density at radius 3 is 2.71 bits per heavy atom. The SMILES string of the molecule is COc1ccc(C)cc1N(C)C(=O)c1ccc2c(Cl)c3c(nc2c1)CCCC3. The Hall–Kier alpha value is -2.59. The Labute approximate surface area is 170 Å². The molecule has 1 heterocycles. The highest BCUT2D eigenvalue weighted by Crippen LogP contribution is 2.34. The maximum absolute atomic E-state index is 13.2. The number of benzene rings is 2. The van der Waals surface area contributed by atoms with Gasteiger partial charge in [-0.15, -0.1) is 0 Å². The lowest BCUT2D eigenvalue weighted by Gasteiger charge is -2.21. The van der Waals surface area contributed by atoms with Crippen LogP contribution >= 0.6 is 11.6 Å². The highest BCUT2D eigenvalue weighted by Gasteiger charge is 2.20. The number of hydrogen-bond acceptors (Lipinski definition) is 3. The number of carbonyl (C=O) groups excluding carboxylic acids is 1. The zero-order valence-corrected chi connectivity index (χ0v) is 17.1. The number of fused-ring (bicyclic) bond motifs is 2. The van der Waals surface area contributed by atoms with Crippen LogP contribution in [0.3, 0.4) is 0 Å². The molecule has 4 rings (SSSR count). The van der Waals surface area contributed by atoms with Gasteiger partial charge < -0.3 is 9.64 Å². The quantitative estimate of drug-likeness (QED) is 0.600. The lowest BCUT2D eigenvalue weighted by molar-refractivity contribution is 0.0992. The molecule has 1 aliphatic rings. The van der Waals surface area contributed by atoms with E-state index < -0.39 is 0 Å². The number of methoxy groups -OCH3 is 1. The molecule has 0 fully saturated rings. The molecule has 1 amide bonds. The molecule has 0 saturated carbocycles. The van der Waals surface area contributed by atoms with Gasteiger partial charge in [-0.1, -0.05) is 23.7 Å². The van der Waals surface area contributed by atoms with Crippen molar-refractivity contribution in [3.05, 3.63) is 63.8 Å². The molecule has 5 heteroatoms. The van der Waals surface area contributed by atoms with Crippen LogP contribution in [0.4, 0.5) is 5.69 Å². The molecule has 2 aromatic carbocycles. The fourth-order valence-electron chi connectivity index (χ4n) is 3.87. The maximum Gasteiger partial charge on any atom is 0.258 e. The van der Waals surface area contributed by atoms with Crippen molar-refractivity contribution in [3.8, 4) is 5.75 Å². The first kappa shape index (κ1) is 18.8. The summed E-state index contributed by atoms with van der Waals surface area (Å²) in [6.45, 7) is 1.99. The van der Waals surface area contributed by atoms with Crippen molar-refractivity contribution in [3.63, 3.8) is 0 Å². The van der Waals surface area contributed by atoms with Crippen LogP contribution in [0.5, 0.6) is 5.75 Å². The second-order valence-corrected chi connectivity index (χ2v) is 7.71. The number of nitrogens with zero attached hydrogens (tertiary/aromatic N) is 2. The van der Waals surface area contributed by atoms with Crippen LogP contribution in [-0.4, -0.2) is 25.0 Å². The molecular weight excluding hydrogens is 372 g/mol. The fraction of sp³-hybridized carbons (Fsp3) is 0.304. The van der Waals surface area contributed by atoms with Crippen LogP contribution in [0.1, 0.15) is 40.0 Å². The van der Waals surface area contributed by atoms with Crippen LogP contribution in [0, 0.1) is 6.92 Å². The van der Waals surface area contributed by atoms with E-state index in [0.29, 0.717) is 11.3 Å². The number of anilines is 1. The predicted octanol–water partition coefficient (Wildman–Crippen LogP) is 5.36. The first-order chi connectivity index (χ1) is 13.5. The van der Waals surface area contributed by atoms with Crippen LogP contribution in [-0.2, 0) is 12.8 Å². The van der Waals surface area contributed by atoms with Gasteiger partial charge in [-0.25, -0.2) is 0 Å². The van der Waals surface area contributed by atoms with E-state index in [2.05, 4.69) is 0 Å². The summed E-state index contributed by atoms with van der Waals surface area (Å²) in [6.07, 6.45) is 4.22. The van der Waals surface area contributed by atoms with E-state index in [-0.39, 0.29) is 5.91 Å². The third kappa shape index (κ3) is 3.22. The Balaban J connectivity index is 1.75. The van der Waals surface area contributed by atoms with E-state index >= 15 is 0 Å². The molecule has 0 bridgehead atoms. The highest BCUT2D eigenvalue weighted by molar-refractivity contribution is 6.36. The van der Waals surface area contributed by atoms with Crippen molar-refractivity contribution < 1.29 is 9.53 Å². The topological polar surface area (TPSA) is 42.4 Å². The number of aromatic nitrogens is 1. The minimum atomic E-state index is -0.110. The van der Waals surface area contributed by atoms with Crippen LogP contribution < -0.4 is 9.64 Å². The van der Waals surface area contributed by atoms with E-state index in [1.807, 2.05) is 43.3 Å². The zero-order chi connectivity index (χ0) is 19.8. The summed E-state index contributed by atoms with van der Waals surface area (Å²) in [5.74, 6) is 0.555. The number of rotatable bonds is 3. The van der Waals surface area contributed by atoms with Crippen molar-refractivity contribution in [1.29, 1.82) is 0 Å². The molecule has 1 aliphatic carbocycles. The van der Waals surface area contributed by atoms with Gasteiger partial charge in [0.05, 0.1) is 23.3 Å². The minimum absolute atomic E-state index is 0.110. The molecule has 144 valence electrons. The number of hydrogen-bond donors (Lipinski definition) is 0. The standard InChI is InChI=1S/C23H23ClN2O2/c1-14-8-11-21(28-3)20(12-14)26(2)23(27)15-9-10-17-19(13-15)25-18-7-5-4-6-16(18)22(17)24/h8-13H,4-7H2,1-3H3. The predicted molar refractivity (Wildman–Crippen MR) is 114 cm³/mol. The molecule has 28 heavy (non-hydrogen) atoms. The van der Waals surface area contributed by atoms with E-state index in [9.17, 15) is 4.79 Å². The average Bonchev–Trinajstić information content (AvgIpc) is 2.72. The summed E-state index contributed by atoms with van der Waals surface area (Å²) in [4.78, 5) is 19.6. The van der Waals surface area contributed by atoms with Gasteiger partial charge in [0.25, 0.3) is 5.91 Å². The number of pyridine rings is 1. The van der Waals surface area contributed by atoms with Gasteiger partial charge in [-0.05, 0) is 68.0 Å².